The highest BCUT2D eigenvalue weighted by molar-refractivity contribution is 9.10. The van der Waals surface area contributed by atoms with Gasteiger partial charge < -0.3 is 4.74 Å². The third kappa shape index (κ3) is 3.97. The predicted octanol–water partition coefficient (Wildman–Crippen LogP) is 4.67. The second-order valence-electron chi connectivity index (χ2n) is 5.39. The predicted molar refractivity (Wildman–Crippen MR) is 99.9 cm³/mol. The Kier molecular flexibility index (Phi) is 5.53. The van der Waals surface area contributed by atoms with E-state index in [9.17, 15) is 4.79 Å². The zero-order valence-electron chi connectivity index (χ0n) is 12.9. The molecule has 0 amide bonds. The van der Waals surface area contributed by atoms with Crippen molar-refractivity contribution < 1.29 is 4.74 Å². The van der Waals surface area contributed by atoms with Crippen molar-refractivity contribution >= 4 is 38.4 Å². The fraction of sp³-hybridized carbons (Fsp3) is 0.222. The lowest BCUT2D eigenvalue weighted by molar-refractivity contribution is 0.303. The van der Waals surface area contributed by atoms with E-state index >= 15 is 0 Å². The monoisotopic (exact) mass is 406 g/mol. The highest BCUT2D eigenvalue weighted by atomic mass is 79.9. The van der Waals surface area contributed by atoms with Crippen LogP contribution >= 0.6 is 27.5 Å². The van der Waals surface area contributed by atoms with E-state index in [2.05, 4.69) is 20.9 Å². The molecule has 124 valence electrons. The van der Waals surface area contributed by atoms with Gasteiger partial charge in [-0.15, -0.1) is 0 Å². The minimum absolute atomic E-state index is 0.00234. The van der Waals surface area contributed by atoms with E-state index in [1.165, 1.54) is 0 Å². The van der Waals surface area contributed by atoms with Crippen LogP contribution in [-0.2, 0) is 6.54 Å². The Morgan fingerprint density at radius 3 is 2.83 bits per heavy atom. The molecule has 1 heterocycles. The van der Waals surface area contributed by atoms with Gasteiger partial charge in [-0.1, -0.05) is 39.7 Å². The Balaban J connectivity index is 1.53. The van der Waals surface area contributed by atoms with Crippen molar-refractivity contribution in [2.45, 2.75) is 19.4 Å². The quantitative estimate of drug-likeness (QED) is 0.558. The van der Waals surface area contributed by atoms with Crippen molar-refractivity contribution in [2.75, 3.05) is 6.61 Å². The summed E-state index contributed by atoms with van der Waals surface area (Å²) in [4.78, 5) is 16.7. The number of hydrogen-bond donors (Lipinski definition) is 0. The van der Waals surface area contributed by atoms with Crippen LogP contribution < -0.4 is 10.3 Å². The highest BCUT2D eigenvalue weighted by Gasteiger charge is 2.04. The summed E-state index contributed by atoms with van der Waals surface area (Å²) in [6.45, 7) is 1.17. The Morgan fingerprint density at radius 2 is 2.00 bits per heavy atom. The van der Waals surface area contributed by atoms with Gasteiger partial charge >= 0.3 is 0 Å². The summed E-state index contributed by atoms with van der Waals surface area (Å²) in [5, 5.41) is 1.23. The maximum absolute atomic E-state index is 12.4. The molecule has 0 saturated carbocycles. The van der Waals surface area contributed by atoms with Crippen LogP contribution in [-0.4, -0.2) is 16.2 Å². The zero-order valence-corrected chi connectivity index (χ0v) is 15.3. The SMILES string of the molecule is O=c1c2ccccc2ncn1CCCCOc1ccc(Br)cc1Cl. The Hall–Kier alpha value is -1.85. The van der Waals surface area contributed by atoms with Crippen molar-refractivity contribution in [3.05, 3.63) is 68.6 Å². The molecule has 0 N–H and O–H groups in total. The van der Waals surface area contributed by atoms with Gasteiger partial charge in [0, 0.05) is 11.0 Å². The van der Waals surface area contributed by atoms with Crippen molar-refractivity contribution in [2.24, 2.45) is 0 Å². The van der Waals surface area contributed by atoms with E-state index < -0.39 is 0 Å². The van der Waals surface area contributed by atoms with Gasteiger partial charge in [0.2, 0.25) is 0 Å². The van der Waals surface area contributed by atoms with Crippen LogP contribution in [0, 0.1) is 0 Å². The third-order valence-electron chi connectivity index (χ3n) is 3.68. The first-order chi connectivity index (χ1) is 11.6. The van der Waals surface area contributed by atoms with E-state index in [-0.39, 0.29) is 5.56 Å². The van der Waals surface area contributed by atoms with E-state index in [1.54, 1.807) is 23.0 Å². The molecule has 0 spiro atoms. The molecule has 0 fully saturated rings. The lowest BCUT2D eigenvalue weighted by Crippen LogP contribution is -2.20. The Morgan fingerprint density at radius 1 is 1.17 bits per heavy atom. The third-order valence-corrected chi connectivity index (χ3v) is 4.46. The van der Waals surface area contributed by atoms with Crippen LogP contribution in [0.1, 0.15) is 12.8 Å². The average Bonchev–Trinajstić information content (AvgIpc) is 2.58. The minimum atomic E-state index is -0.00234. The van der Waals surface area contributed by atoms with Crippen molar-refractivity contribution in [1.82, 2.24) is 9.55 Å². The van der Waals surface area contributed by atoms with Crippen LogP contribution in [0.3, 0.4) is 0 Å². The lowest BCUT2D eigenvalue weighted by Gasteiger charge is -2.09. The van der Waals surface area contributed by atoms with Crippen molar-refractivity contribution in [3.63, 3.8) is 0 Å². The zero-order chi connectivity index (χ0) is 16.9. The molecular weight excluding hydrogens is 392 g/mol. The number of hydrogen-bond acceptors (Lipinski definition) is 3. The van der Waals surface area contributed by atoms with Crippen LogP contribution in [0.15, 0.2) is 58.1 Å². The van der Waals surface area contributed by atoms with E-state index in [4.69, 9.17) is 16.3 Å². The molecule has 0 aliphatic carbocycles. The molecule has 0 aliphatic rings. The van der Waals surface area contributed by atoms with E-state index in [0.29, 0.717) is 29.3 Å². The van der Waals surface area contributed by atoms with Gasteiger partial charge in [-0.05, 0) is 43.2 Å². The van der Waals surface area contributed by atoms with Crippen molar-refractivity contribution in [3.8, 4) is 5.75 Å². The first kappa shape index (κ1) is 17.0. The number of para-hydroxylation sites is 1. The van der Waals surface area contributed by atoms with E-state index in [0.717, 1.165) is 22.8 Å². The summed E-state index contributed by atoms with van der Waals surface area (Å²) >= 11 is 9.47. The summed E-state index contributed by atoms with van der Waals surface area (Å²) in [6.07, 6.45) is 3.26. The molecule has 0 atom stereocenters. The van der Waals surface area contributed by atoms with Crippen LogP contribution in [0.2, 0.25) is 5.02 Å². The molecule has 0 bridgehead atoms. The van der Waals surface area contributed by atoms with Gasteiger partial charge in [-0.25, -0.2) is 4.98 Å². The average molecular weight is 408 g/mol. The molecule has 1 aromatic heterocycles. The molecule has 24 heavy (non-hydrogen) atoms. The highest BCUT2D eigenvalue weighted by Crippen LogP contribution is 2.27. The molecule has 0 saturated heterocycles. The maximum Gasteiger partial charge on any atom is 0.261 e. The molecular formula is C18H16BrClN2O2. The van der Waals surface area contributed by atoms with E-state index in [1.807, 2.05) is 30.3 Å². The number of ether oxygens (including phenoxy) is 1. The first-order valence-electron chi connectivity index (χ1n) is 7.67. The number of benzene rings is 2. The number of fused-ring (bicyclic) bond motifs is 1. The fourth-order valence-corrected chi connectivity index (χ4v) is 3.15. The summed E-state index contributed by atoms with van der Waals surface area (Å²) in [6, 6.07) is 12.9. The number of halogens is 2. The second kappa shape index (κ2) is 7.81. The number of nitrogens with zero attached hydrogens (tertiary/aromatic N) is 2. The number of rotatable bonds is 6. The standard InChI is InChI=1S/C18H16BrClN2O2/c19-13-7-8-17(15(20)11-13)24-10-4-3-9-22-12-21-16-6-2-1-5-14(16)18(22)23/h1-2,5-8,11-12H,3-4,9-10H2. The van der Waals surface area contributed by atoms with Gasteiger partial charge in [-0.2, -0.15) is 0 Å². The summed E-state index contributed by atoms with van der Waals surface area (Å²) < 4.78 is 8.24. The second-order valence-corrected chi connectivity index (χ2v) is 6.71. The van der Waals surface area contributed by atoms with Crippen molar-refractivity contribution in [1.29, 1.82) is 0 Å². The molecule has 3 rings (SSSR count). The molecule has 0 unspecified atom stereocenters. The molecule has 0 radical (unpaired) electrons. The number of aryl methyl sites for hydroxylation is 1. The minimum Gasteiger partial charge on any atom is -0.492 e. The summed E-state index contributed by atoms with van der Waals surface area (Å²) in [5.41, 5.74) is 0.726. The fourth-order valence-electron chi connectivity index (χ4n) is 2.42. The summed E-state index contributed by atoms with van der Waals surface area (Å²) in [7, 11) is 0. The molecule has 2 aromatic carbocycles. The number of unbranched alkanes of at least 4 members (excludes halogenated alkanes) is 1. The topological polar surface area (TPSA) is 44.1 Å². The molecule has 6 heteroatoms. The van der Waals surface area contributed by atoms with Crippen LogP contribution in [0.4, 0.5) is 0 Å². The van der Waals surface area contributed by atoms with Gasteiger partial charge in [-0.3, -0.25) is 9.36 Å². The molecule has 3 aromatic rings. The number of aromatic nitrogens is 2. The summed E-state index contributed by atoms with van der Waals surface area (Å²) in [5.74, 6) is 0.671. The Bertz CT molecular complexity index is 911. The van der Waals surface area contributed by atoms with Gasteiger partial charge in [0.15, 0.2) is 0 Å². The lowest BCUT2D eigenvalue weighted by atomic mass is 10.2. The molecule has 4 nitrogen and oxygen atoms in total. The normalized spacial score (nSPS) is 10.9. The van der Waals surface area contributed by atoms with Gasteiger partial charge in [0.1, 0.15) is 5.75 Å². The smallest absolute Gasteiger partial charge is 0.261 e. The Labute approximate surface area is 153 Å². The largest absolute Gasteiger partial charge is 0.492 e. The van der Waals surface area contributed by atoms with Gasteiger partial charge in [0.25, 0.3) is 5.56 Å². The maximum atomic E-state index is 12.4. The van der Waals surface area contributed by atoms with Gasteiger partial charge in [0.05, 0.1) is 28.9 Å². The van der Waals surface area contributed by atoms with Crippen LogP contribution in [0.25, 0.3) is 10.9 Å². The van der Waals surface area contributed by atoms with Crippen LogP contribution in [0.5, 0.6) is 5.75 Å². The molecule has 0 aliphatic heterocycles. The first-order valence-corrected chi connectivity index (χ1v) is 8.84.